The van der Waals surface area contributed by atoms with E-state index in [0.717, 1.165) is 19.4 Å². The van der Waals surface area contributed by atoms with Crippen LogP contribution in [-0.2, 0) is 4.74 Å². The van der Waals surface area contributed by atoms with Gasteiger partial charge < -0.3 is 15.0 Å². The molecule has 1 N–H and O–H groups in total. The standard InChI is InChI=1S/C11H22N2O2.ClH/c1-15-11(14)12-7-3-6-10-13-8-4-2-5-9-13;/h2-10H2,1H3,(H,12,14);1H. The minimum absolute atomic E-state index is 0. The lowest BCUT2D eigenvalue weighted by Gasteiger charge is -2.26. The van der Waals surface area contributed by atoms with Crippen LogP contribution in [0.5, 0.6) is 0 Å². The Bertz CT molecular complexity index is 185. The zero-order chi connectivity index (χ0) is 10.9. The minimum Gasteiger partial charge on any atom is -0.453 e. The number of carbonyl (C=O) groups excluding carboxylic acids is 1. The highest BCUT2D eigenvalue weighted by molar-refractivity contribution is 5.85. The van der Waals surface area contributed by atoms with E-state index in [1.807, 2.05) is 0 Å². The minimum atomic E-state index is -0.326. The second-order valence-electron chi connectivity index (χ2n) is 4.03. The van der Waals surface area contributed by atoms with Crippen molar-refractivity contribution in [2.45, 2.75) is 32.1 Å². The number of likely N-dealkylation sites (tertiary alicyclic amines) is 1. The molecule has 1 rings (SSSR count). The van der Waals surface area contributed by atoms with Crippen LogP contribution in [0.3, 0.4) is 0 Å². The molecule has 0 saturated carbocycles. The highest BCUT2D eigenvalue weighted by atomic mass is 35.5. The molecule has 0 aliphatic carbocycles. The van der Waals surface area contributed by atoms with Crippen molar-refractivity contribution in [3.8, 4) is 0 Å². The molecular weight excluding hydrogens is 228 g/mol. The first-order valence-electron chi connectivity index (χ1n) is 5.87. The summed E-state index contributed by atoms with van der Waals surface area (Å²) in [5.74, 6) is 0. The van der Waals surface area contributed by atoms with Crippen LogP contribution in [0.4, 0.5) is 4.79 Å². The first-order valence-corrected chi connectivity index (χ1v) is 5.87. The van der Waals surface area contributed by atoms with Gasteiger partial charge in [0.05, 0.1) is 7.11 Å². The second kappa shape index (κ2) is 9.73. The van der Waals surface area contributed by atoms with E-state index in [1.54, 1.807) is 0 Å². The fourth-order valence-electron chi connectivity index (χ4n) is 1.91. The topological polar surface area (TPSA) is 41.6 Å². The largest absolute Gasteiger partial charge is 0.453 e. The number of ether oxygens (including phenoxy) is 1. The molecule has 1 saturated heterocycles. The van der Waals surface area contributed by atoms with Gasteiger partial charge in [-0.15, -0.1) is 12.4 Å². The summed E-state index contributed by atoms with van der Waals surface area (Å²) in [6.45, 7) is 4.40. The lowest BCUT2D eigenvalue weighted by atomic mass is 10.1. The molecule has 0 unspecified atom stereocenters. The summed E-state index contributed by atoms with van der Waals surface area (Å²) in [6, 6.07) is 0. The third-order valence-electron chi connectivity index (χ3n) is 2.80. The molecule has 1 aliphatic rings. The number of amides is 1. The average Bonchev–Trinajstić information content (AvgIpc) is 2.29. The maximum absolute atomic E-state index is 10.7. The number of carbonyl (C=O) groups is 1. The van der Waals surface area contributed by atoms with Gasteiger partial charge in [-0.3, -0.25) is 0 Å². The summed E-state index contributed by atoms with van der Waals surface area (Å²) in [6.07, 6.45) is 5.95. The summed E-state index contributed by atoms with van der Waals surface area (Å²) in [5.41, 5.74) is 0. The quantitative estimate of drug-likeness (QED) is 0.760. The number of nitrogens with one attached hydrogen (secondary N) is 1. The molecule has 1 amide bonds. The lowest BCUT2D eigenvalue weighted by molar-refractivity contribution is 0.170. The molecule has 0 atom stereocenters. The van der Waals surface area contributed by atoms with Crippen molar-refractivity contribution in [1.29, 1.82) is 0 Å². The molecule has 1 aliphatic heterocycles. The number of piperidine rings is 1. The number of rotatable bonds is 5. The van der Waals surface area contributed by atoms with Gasteiger partial charge >= 0.3 is 6.09 Å². The Morgan fingerprint density at radius 3 is 2.56 bits per heavy atom. The Kier molecular flexibility index (Phi) is 9.43. The molecule has 0 bridgehead atoms. The summed E-state index contributed by atoms with van der Waals surface area (Å²) >= 11 is 0. The van der Waals surface area contributed by atoms with Gasteiger partial charge in [0.1, 0.15) is 0 Å². The smallest absolute Gasteiger partial charge is 0.406 e. The van der Waals surface area contributed by atoms with Gasteiger partial charge in [-0.1, -0.05) is 6.42 Å². The summed E-state index contributed by atoms with van der Waals surface area (Å²) in [4.78, 5) is 13.2. The Balaban J connectivity index is 0.00000225. The molecule has 5 heteroatoms. The number of hydrogen-bond donors (Lipinski definition) is 1. The molecular formula is C11H23ClN2O2. The van der Waals surface area contributed by atoms with Crippen LogP contribution in [0, 0.1) is 0 Å². The highest BCUT2D eigenvalue weighted by Gasteiger charge is 2.08. The van der Waals surface area contributed by atoms with Gasteiger partial charge in [-0.25, -0.2) is 4.79 Å². The van der Waals surface area contributed by atoms with E-state index in [-0.39, 0.29) is 18.5 Å². The first kappa shape index (κ1) is 15.5. The molecule has 0 aromatic carbocycles. The number of halogens is 1. The average molecular weight is 251 g/mol. The van der Waals surface area contributed by atoms with Crippen molar-refractivity contribution in [1.82, 2.24) is 10.2 Å². The van der Waals surface area contributed by atoms with E-state index in [9.17, 15) is 4.79 Å². The molecule has 96 valence electrons. The van der Waals surface area contributed by atoms with Crippen molar-refractivity contribution in [3.63, 3.8) is 0 Å². The van der Waals surface area contributed by atoms with Gasteiger partial charge in [0, 0.05) is 6.54 Å². The zero-order valence-corrected chi connectivity index (χ0v) is 10.9. The predicted octanol–water partition coefficient (Wildman–Crippen LogP) is 2.03. The fraction of sp³-hybridized carbons (Fsp3) is 0.909. The van der Waals surface area contributed by atoms with E-state index in [1.165, 1.54) is 46.0 Å². The number of methoxy groups -OCH3 is 1. The van der Waals surface area contributed by atoms with Gasteiger partial charge in [0.15, 0.2) is 0 Å². The van der Waals surface area contributed by atoms with Crippen molar-refractivity contribution in [2.75, 3.05) is 33.3 Å². The Morgan fingerprint density at radius 1 is 1.25 bits per heavy atom. The van der Waals surface area contributed by atoms with Crippen LogP contribution in [0.1, 0.15) is 32.1 Å². The molecule has 4 nitrogen and oxygen atoms in total. The number of nitrogens with zero attached hydrogens (tertiary/aromatic N) is 1. The van der Waals surface area contributed by atoms with Gasteiger partial charge in [-0.05, 0) is 45.3 Å². The third-order valence-corrected chi connectivity index (χ3v) is 2.80. The molecule has 16 heavy (non-hydrogen) atoms. The van der Waals surface area contributed by atoms with Gasteiger partial charge in [-0.2, -0.15) is 0 Å². The summed E-state index contributed by atoms with van der Waals surface area (Å²) in [5, 5.41) is 2.69. The number of alkyl carbamates (subject to hydrolysis) is 1. The molecule has 1 heterocycles. The van der Waals surface area contributed by atoms with Crippen LogP contribution in [-0.4, -0.2) is 44.3 Å². The van der Waals surface area contributed by atoms with E-state index < -0.39 is 0 Å². The van der Waals surface area contributed by atoms with Gasteiger partial charge in [0.25, 0.3) is 0 Å². The normalized spacial score (nSPS) is 16.3. The van der Waals surface area contributed by atoms with E-state index in [4.69, 9.17) is 0 Å². The van der Waals surface area contributed by atoms with Crippen molar-refractivity contribution in [3.05, 3.63) is 0 Å². The Morgan fingerprint density at radius 2 is 1.94 bits per heavy atom. The second-order valence-corrected chi connectivity index (χ2v) is 4.03. The maximum Gasteiger partial charge on any atom is 0.406 e. The van der Waals surface area contributed by atoms with E-state index in [0.29, 0.717) is 0 Å². The maximum atomic E-state index is 10.7. The highest BCUT2D eigenvalue weighted by Crippen LogP contribution is 2.08. The monoisotopic (exact) mass is 250 g/mol. The van der Waals surface area contributed by atoms with Gasteiger partial charge in [0.2, 0.25) is 0 Å². The zero-order valence-electron chi connectivity index (χ0n) is 10.0. The van der Waals surface area contributed by atoms with Crippen LogP contribution in [0.15, 0.2) is 0 Å². The van der Waals surface area contributed by atoms with Crippen molar-refractivity contribution < 1.29 is 9.53 Å². The Hall–Kier alpha value is -0.480. The lowest BCUT2D eigenvalue weighted by Crippen LogP contribution is -2.31. The molecule has 0 spiro atoms. The van der Waals surface area contributed by atoms with E-state index in [2.05, 4.69) is 15.0 Å². The van der Waals surface area contributed by atoms with Crippen LogP contribution < -0.4 is 5.32 Å². The molecule has 0 aromatic heterocycles. The first-order chi connectivity index (χ1) is 7.33. The van der Waals surface area contributed by atoms with E-state index >= 15 is 0 Å². The summed E-state index contributed by atoms with van der Waals surface area (Å²) < 4.78 is 4.49. The number of hydrogen-bond acceptors (Lipinski definition) is 3. The predicted molar refractivity (Wildman–Crippen MR) is 67.2 cm³/mol. The fourth-order valence-corrected chi connectivity index (χ4v) is 1.91. The number of unbranched alkanes of at least 4 members (excludes halogenated alkanes) is 1. The molecule has 1 fully saturated rings. The third kappa shape index (κ3) is 6.90. The SMILES string of the molecule is COC(=O)NCCCCN1CCCCC1.Cl. The summed E-state index contributed by atoms with van der Waals surface area (Å²) in [7, 11) is 1.39. The molecule has 0 radical (unpaired) electrons. The van der Waals surface area contributed by atoms with Crippen molar-refractivity contribution >= 4 is 18.5 Å². The Labute approximate surface area is 104 Å². The van der Waals surface area contributed by atoms with Crippen LogP contribution in [0.2, 0.25) is 0 Å². The van der Waals surface area contributed by atoms with Crippen molar-refractivity contribution in [2.24, 2.45) is 0 Å². The van der Waals surface area contributed by atoms with Crippen LogP contribution >= 0.6 is 12.4 Å². The van der Waals surface area contributed by atoms with Crippen LogP contribution in [0.25, 0.3) is 0 Å². The molecule has 0 aromatic rings.